The van der Waals surface area contributed by atoms with Gasteiger partial charge in [0, 0.05) is 6.92 Å². The Morgan fingerprint density at radius 3 is 2.17 bits per heavy atom. The number of benzene rings is 2. The zero-order valence-electron chi connectivity index (χ0n) is 16.1. The van der Waals surface area contributed by atoms with Crippen LogP contribution in [0.25, 0.3) is 0 Å². The lowest BCUT2D eigenvalue weighted by atomic mass is 9.99. The van der Waals surface area contributed by atoms with Crippen molar-refractivity contribution in [1.82, 2.24) is 0 Å². The van der Waals surface area contributed by atoms with Gasteiger partial charge in [0.1, 0.15) is 18.3 Å². The summed E-state index contributed by atoms with van der Waals surface area (Å²) in [4.78, 5) is 11.4. The van der Waals surface area contributed by atoms with Crippen LogP contribution in [-0.2, 0) is 37.0 Å². The van der Waals surface area contributed by atoms with Gasteiger partial charge in [-0.2, -0.15) is 0 Å². The van der Waals surface area contributed by atoms with Crippen LogP contribution in [-0.4, -0.2) is 47.7 Å². The lowest BCUT2D eigenvalue weighted by molar-refractivity contribution is -0.237. The third-order valence-electron chi connectivity index (χ3n) is 4.58. The molecule has 1 saturated heterocycles. The molecule has 3 unspecified atom stereocenters. The monoisotopic (exact) mass is 420 g/mol. The number of halogens is 1. The van der Waals surface area contributed by atoms with Crippen molar-refractivity contribution in [3.8, 4) is 0 Å². The average Bonchev–Trinajstić information content (AvgIpc) is 2.72. The first-order valence-electron chi connectivity index (χ1n) is 9.46. The van der Waals surface area contributed by atoms with Crippen LogP contribution in [0.2, 0.25) is 0 Å². The SMILES string of the molecule is CC(=O)OC1C(O)[C@H](OCc2ccccc2)C(COCc2ccccc2)O[C@@H]1Cl. The molecule has 156 valence electrons. The van der Waals surface area contributed by atoms with E-state index in [-0.39, 0.29) is 13.2 Å². The number of rotatable bonds is 8. The topological polar surface area (TPSA) is 74.2 Å². The van der Waals surface area contributed by atoms with Gasteiger partial charge < -0.3 is 24.1 Å². The Hall–Kier alpha value is -1.96. The van der Waals surface area contributed by atoms with E-state index in [1.807, 2.05) is 60.7 Å². The highest BCUT2D eigenvalue weighted by Gasteiger charge is 2.47. The van der Waals surface area contributed by atoms with Crippen LogP contribution in [0, 0.1) is 0 Å². The number of esters is 1. The molecule has 1 aliphatic rings. The first kappa shape index (κ1) is 21.7. The van der Waals surface area contributed by atoms with Crippen LogP contribution in [0.1, 0.15) is 18.1 Å². The second-order valence-corrected chi connectivity index (χ2v) is 7.28. The maximum atomic E-state index is 11.4. The highest BCUT2D eigenvalue weighted by Crippen LogP contribution is 2.29. The Morgan fingerprint density at radius 1 is 1.00 bits per heavy atom. The van der Waals surface area contributed by atoms with Crippen LogP contribution in [0.3, 0.4) is 0 Å². The van der Waals surface area contributed by atoms with Gasteiger partial charge in [0.2, 0.25) is 0 Å². The summed E-state index contributed by atoms with van der Waals surface area (Å²) in [7, 11) is 0. The van der Waals surface area contributed by atoms with Gasteiger partial charge in [0.05, 0.1) is 19.8 Å². The van der Waals surface area contributed by atoms with Gasteiger partial charge in [-0.25, -0.2) is 0 Å². The Labute approximate surface area is 175 Å². The van der Waals surface area contributed by atoms with Gasteiger partial charge in [0.25, 0.3) is 0 Å². The number of hydrogen-bond donors (Lipinski definition) is 1. The van der Waals surface area contributed by atoms with Crippen molar-refractivity contribution in [3.05, 3.63) is 71.8 Å². The number of aliphatic hydroxyl groups excluding tert-OH is 1. The predicted molar refractivity (Wildman–Crippen MR) is 107 cm³/mol. The van der Waals surface area contributed by atoms with Crippen LogP contribution in [0.4, 0.5) is 0 Å². The average molecular weight is 421 g/mol. The molecule has 0 amide bonds. The molecule has 5 atom stereocenters. The van der Waals surface area contributed by atoms with Gasteiger partial charge in [-0.1, -0.05) is 72.3 Å². The Bertz CT molecular complexity index is 756. The molecular weight excluding hydrogens is 396 g/mol. The Kier molecular flexibility index (Phi) is 8.03. The summed E-state index contributed by atoms with van der Waals surface area (Å²) in [6.07, 6.45) is -3.57. The first-order chi connectivity index (χ1) is 14.0. The van der Waals surface area contributed by atoms with Crippen molar-refractivity contribution in [2.24, 2.45) is 0 Å². The minimum Gasteiger partial charge on any atom is -0.456 e. The summed E-state index contributed by atoms with van der Waals surface area (Å²) in [6, 6.07) is 19.3. The molecule has 0 bridgehead atoms. The van der Waals surface area contributed by atoms with Crippen molar-refractivity contribution in [2.75, 3.05) is 6.61 Å². The maximum Gasteiger partial charge on any atom is 0.303 e. The molecule has 1 N–H and O–H groups in total. The summed E-state index contributed by atoms with van der Waals surface area (Å²) < 4.78 is 22.7. The smallest absolute Gasteiger partial charge is 0.303 e. The van der Waals surface area contributed by atoms with Gasteiger partial charge >= 0.3 is 5.97 Å². The van der Waals surface area contributed by atoms with E-state index >= 15 is 0 Å². The fourth-order valence-corrected chi connectivity index (χ4v) is 3.51. The quantitative estimate of drug-likeness (QED) is 0.522. The zero-order valence-corrected chi connectivity index (χ0v) is 16.9. The van der Waals surface area contributed by atoms with E-state index in [1.165, 1.54) is 6.92 Å². The van der Waals surface area contributed by atoms with E-state index < -0.39 is 35.9 Å². The molecule has 1 heterocycles. The van der Waals surface area contributed by atoms with E-state index in [0.29, 0.717) is 6.61 Å². The normalized spacial score (nSPS) is 26.8. The molecular formula is C22H25ClO6. The van der Waals surface area contributed by atoms with Crippen molar-refractivity contribution in [2.45, 2.75) is 50.1 Å². The van der Waals surface area contributed by atoms with Crippen LogP contribution >= 0.6 is 11.6 Å². The molecule has 0 radical (unpaired) electrons. The summed E-state index contributed by atoms with van der Waals surface area (Å²) in [5, 5.41) is 10.8. The lowest BCUT2D eigenvalue weighted by Crippen LogP contribution is -2.59. The minimum absolute atomic E-state index is 0.168. The van der Waals surface area contributed by atoms with Gasteiger partial charge in [0.15, 0.2) is 11.7 Å². The second-order valence-electron chi connectivity index (χ2n) is 6.85. The fourth-order valence-electron chi connectivity index (χ4n) is 3.17. The molecule has 3 rings (SSSR count). The van der Waals surface area contributed by atoms with Crippen LogP contribution in [0.15, 0.2) is 60.7 Å². The van der Waals surface area contributed by atoms with Crippen LogP contribution in [0.5, 0.6) is 0 Å². The predicted octanol–water partition coefficient (Wildman–Crippen LogP) is 3.04. The first-order valence-corrected chi connectivity index (χ1v) is 9.90. The van der Waals surface area contributed by atoms with Crippen molar-refractivity contribution >= 4 is 17.6 Å². The Balaban J connectivity index is 1.66. The highest BCUT2D eigenvalue weighted by molar-refractivity contribution is 6.20. The lowest BCUT2D eigenvalue weighted by Gasteiger charge is -2.41. The van der Waals surface area contributed by atoms with E-state index in [9.17, 15) is 9.90 Å². The van der Waals surface area contributed by atoms with E-state index in [0.717, 1.165) is 11.1 Å². The highest BCUT2D eigenvalue weighted by atomic mass is 35.5. The number of ether oxygens (including phenoxy) is 4. The third kappa shape index (κ3) is 6.26. The van der Waals surface area contributed by atoms with Crippen molar-refractivity contribution < 1.29 is 28.8 Å². The summed E-state index contributed by atoms with van der Waals surface area (Å²) in [5.41, 5.74) is 0.960. The molecule has 0 spiro atoms. The molecule has 0 aromatic heterocycles. The summed E-state index contributed by atoms with van der Waals surface area (Å²) in [5.74, 6) is -0.552. The van der Waals surface area contributed by atoms with E-state index in [1.54, 1.807) is 0 Å². The number of alkyl halides is 1. The van der Waals surface area contributed by atoms with Gasteiger partial charge in [-0.3, -0.25) is 4.79 Å². The second kappa shape index (κ2) is 10.7. The molecule has 1 fully saturated rings. The Morgan fingerprint density at radius 2 is 1.59 bits per heavy atom. The molecule has 7 heteroatoms. The van der Waals surface area contributed by atoms with Crippen molar-refractivity contribution in [3.63, 3.8) is 0 Å². The molecule has 2 aromatic carbocycles. The van der Waals surface area contributed by atoms with Crippen LogP contribution < -0.4 is 0 Å². The van der Waals surface area contributed by atoms with Crippen molar-refractivity contribution in [1.29, 1.82) is 0 Å². The van der Waals surface area contributed by atoms with Gasteiger partial charge in [-0.05, 0) is 11.1 Å². The maximum absolute atomic E-state index is 11.4. The summed E-state index contributed by atoms with van der Waals surface area (Å²) in [6.45, 7) is 2.08. The summed E-state index contributed by atoms with van der Waals surface area (Å²) >= 11 is 6.22. The molecule has 1 aliphatic heterocycles. The fraction of sp³-hybridized carbons (Fsp3) is 0.409. The number of aliphatic hydroxyl groups is 1. The number of hydrogen-bond acceptors (Lipinski definition) is 6. The largest absolute Gasteiger partial charge is 0.456 e. The third-order valence-corrected chi connectivity index (χ3v) is 4.93. The molecule has 29 heavy (non-hydrogen) atoms. The molecule has 2 aromatic rings. The number of carbonyl (C=O) groups is 1. The minimum atomic E-state index is -1.15. The molecule has 0 aliphatic carbocycles. The molecule has 0 saturated carbocycles. The standard InChI is InChI=1S/C22H25ClO6/c1-15(24)28-21-19(25)20(27-13-17-10-6-3-7-11-17)18(29-22(21)23)14-26-12-16-8-4-2-5-9-16/h2-11,18-22,25H,12-14H2,1H3/t18?,19?,20-,21?,22+/m1/s1. The van der Waals surface area contributed by atoms with E-state index in [4.69, 9.17) is 30.5 Å². The van der Waals surface area contributed by atoms with Gasteiger partial charge in [-0.15, -0.1) is 0 Å². The van der Waals surface area contributed by atoms with E-state index in [2.05, 4.69) is 0 Å². The molecule has 6 nitrogen and oxygen atoms in total. The zero-order chi connectivity index (χ0) is 20.6. The number of carbonyl (C=O) groups excluding carboxylic acids is 1.